The lowest BCUT2D eigenvalue weighted by Crippen LogP contribution is -2.14. The van der Waals surface area contributed by atoms with Gasteiger partial charge in [0.25, 0.3) is 5.91 Å². The Morgan fingerprint density at radius 1 is 1.20 bits per heavy atom. The fourth-order valence-electron chi connectivity index (χ4n) is 2.45. The maximum absolute atomic E-state index is 13.7. The lowest BCUT2D eigenvalue weighted by Gasteiger charge is -2.07. The van der Waals surface area contributed by atoms with Crippen LogP contribution in [0.15, 0.2) is 48.5 Å². The molecular formula is C18H14ClF2N3O. The number of carbonyl (C=O) groups is 1. The largest absolute Gasteiger partial charge is 0.319 e. The van der Waals surface area contributed by atoms with E-state index >= 15 is 0 Å². The van der Waals surface area contributed by atoms with Crippen LogP contribution >= 0.6 is 11.6 Å². The topological polar surface area (TPSA) is 46.9 Å². The lowest BCUT2D eigenvalue weighted by molar-refractivity contribution is 0.102. The maximum atomic E-state index is 13.7. The molecule has 0 fully saturated rings. The molecule has 7 heteroatoms. The Kier molecular flexibility index (Phi) is 4.81. The number of nitrogens with zero attached hydrogens (tertiary/aromatic N) is 2. The first kappa shape index (κ1) is 17.1. The van der Waals surface area contributed by atoms with Gasteiger partial charge in [-0.3, -0.25) is 4.79 Å². The lowest BCUT2D eigenvalue weighted by atomic mass is 10.2. The number of anilines is 1. The van der Waals surface area contributed by atoms with Crippen LogP contribution in [0.5, 0.6) is 0 Å². The number of halogens is 3. The Morgan fingerprint density at radius 3 is 2.64 bits per heavy atom. The number of aryl methyl sites for hydroxylation is 1. The standard InChI is InChI=1S/C18H14ClF2N3O/c1-11-16(18(25)22-15-9-13(20)7-8-14(15)21)17(19)24(23-11)10-12-5-3-2-4-6-12/h2-9H,10H2,1H3,(H,22,25). The minimum absolute atomic E-state index is 0.126. The summed E-state index contributed by atoms with van der Waals surface area (Å²) in [5.41, 5.74) is 1.24. The van der Waals surface area contributed by atoms with Crippen molar-refractivity contribution in [2.45, 2.75) is 13.5 Å². The third kappa shape index (κ3) is 3.69. The molecule has 0 aliphatic heterocycles. The van der Waals surface area contributed by atoms with E-state index in [1.807, 2.05) is 30.3 Å². The van der Waals surface area contributed by atoms with Crippen LogP contribution in [0, 0.1) is 18.6 Å². The average molecular weight is 362 g/mol. The highest BCUT2D eigenvalue weighted by Gasteiger charge is 2.21. The molecule has 0 radical (unpaired) electrons. The molecular weight excluding hydrogens is 348 g/mol. The maximum Gasteiger partial charge on any atom is 0.260 e. The number of hydrogen-bond donors (Lipinski definition) is 1. The molecule has 0 atom stereocenters. The first-order chi connectivity index (χ1) is 12.0. The Bertz CT molecular complexity index is 926. The van der Waals surface area contributed by atoms with Gasteiger partial charge in [-0.15, -0.1) is 0 Å². The van der Waals surface area contributed by atoms with E-state index in [-0.39, 0.29) is 16.4 Å². The highest BCUT2D eigenvalue weighted by atomic mass is 35.5. The Hall–Kier alpha value is -2.73. The molecule has 25 heavy (non-hydrogen) atoms. The quantitative estimate of drug-likeness (QED) is 0.747. The van der Waals surface area contributed by atoms with E-state index in [4.69, 9.17) is 11.6 Å². The van der Waals surface area contributed by atoms with Crippen molar-refractivity contribution in [3.8, 4) is 0 Å². The van der Waals surface area contributed by atoms with Crippen LogP contribution in [-0.2, 0) is 6.54 Å². The third-order valence-corrected chi connectivity index (χ3v) is 4.03. The molecule has 128 valence electrons. The number of rotatable bonds is 4. The molecule has 3 aromatic rings. The summed E-state index contributed by atoms with van der Waals surface area (Å²) in [6, 6.07) is 12.3. The normalized spacial score (nSPS) is 10.7. The second-order valence-corrected chi connectivity index (χ2v) is 5.83. The molecule has 0 bridgehead atoms. The van der Waals surface area contributed by atoms with Gasteiger partial charge in [-0.05, 0) is 24.6 Å². The van der Waals surface area contributed by atoms with Crippen molar-refractivity contribution in [1.29, 1.82) is 0 Å². The van der Waals surface area contributed by atoms with Crippen molar-refractivity contribution in [3.05, 3.63) is 82.1 Å². The molecule has 0 saturated carbocycles. The van der Waals surface area contributed by atoms with Crippen LogP contribution in [0.2, 0.25) is 5.15 Å². The second kappa shape index (κ2) is 7.03. The first-order valence-electron chi connectivity index (χ1n) is 7.49. The van der Waals surface area contributed by atoms with Gasteiger partial charge in [0, 0.05) is 6.07 Å². The van der Waals surface area contributed by atoms with Gasteiger partial charge in [-0.1, -0.05) is 41.9 Å². The number of carbonyl (C=O) groups excluding carboxylic acids is 1. The smallest absolute Gasteiger partial charge is 0.260 e. The van der Waals surface area contributed by atoms with E-state index < -0.39 is 17.5 Å². The number of nitrogens with one attached hydrogen (secondary N) is 1. The van der Waals surface area contributed by atoms with Gasteiger partial charge in [-0.2, -0.15) is 5.10 Å². The summed E-state index contributed by atoms with van der Waals surface area (Å²) < 4.78 is 28.4. The van der Waals surface area contributed by atoms with Gasteiger partial charge < -0.3 is 5.32 Å². The average Bonchev–Trinajstić information content (AvgIpc) is 2.86. The summed E-state index contributed by atoms with van der Waals surface area (Å²) in [4.78, 5) is 12.4. The molecule has 0 aliphatic rings. The SMILES string of the molecule is Cc1nn(Cc2ccccc2)c(Cl)c1C(=O)Nc1cc(F)ccc1F. The number of hydrogen-bond acceptors (Lipinski definition) is 2. The molecule has 0 spiro atoms. The third-order valence-electron chi connectivity index (χ3n) is 3.64. The minimum atomic E-state index is -0.736. The fourth-order valence-corrected chi connectivity index (χ4v) is 2.77. The summed E-state index contributed by atoms with van der Waals surface area (Å²) in [5, 5.41) is 6.73. The van der Waals surface area contributed by atoms with E-state index in [2.05, 4.69) is 10.4 Å². The van der Waals surface area contributed by atoms with E-state index in [0.29, 0.717) is 12.2 Å². The van der Waals surface area contributed by atoms with Gasteiger partial charge in [0.1, 0.15) is 16.8 Å². The molecule has 3 rings (SSSR count). The van der Waals surface area contributed by atoms with Crippen LogP contribution < -0.4 is 5.32 Å². The molecule has 1 amide bonds. The highest BCUT2D eigenvalue weighted by Crippen LogP contribution is 2.23. The van der Waals surface area contributed by atoms with Gasteiger partial charge in [0.15, 0.2) is 0 Å². The first-order valence-corrected chi connectivity index (χ1v) is 7.86. The number of aromatic nitrogens is 2. The Morgan fingerprint density at radius 2 is 1.92 bits per heavy atom. The zero-order chi connectivity index (χ0) is 18.0. The van der Waals surface area contributed by atoms with Crippen molar-refractivity contribution < 1.29 is 13.6 Å². The zero-order valence-corrected chi connectivity index (χ0v) is 14.0. The van der Waals surface area contributed by atoms with Crippen LogP contribution in [0.1, 0.15) is 21.6 Å². The molecule has 4 nitrogen and oxygen atoms in total. The van der Waals surface area contributed by atoms with Crippen LogP contribution in [-0.4, -0.2) is 15.7 Å². The van der Waals surface area contributed by atoms with Crippen LogP contribution in [0.25, 0.3) is 0 Å². The number of amides is 1. The molecule has 1 heterocycles. The van der Waals surface area contributed by atoms with Crippen LogP contribution in [0.4, 0.5) is 14.5 Å². The summed E-state index contributed by atoms with van der Waals surface area (Å²) in [6.07, 6.45) is 0. The van der Waals surface area contributed by atoms with Crippen molar-refractivity contribution in [1.82, 2.24) is 9.78 Å². The number of benzene rings is 2. The molecule has 1 aromatic heterocycles. The predicted octanol–water partition coefficient (Wildman–Crippen LogP) is 4.42. The monoisotopic (exact) mass is 361 g/mol. The Labute approximate surface area is 148 Å². The van der Waals surface area contributed by atoms with Gasteiger partial charge in [0.05, 0.1) is 23.5 Å². The molecule has 2 aromatic carbocycles. The zero-order valence-electron chi connectivity index (χ0n) is 13.3. The Balaban J connectivity index is 1.87. The summed E-state index contributed by atoms with van der Waals surface area (Å²) in [5.74, 6) is -2.04. The van der Waals surface area contributed by atoms with E-state index in [0.717, 1.165) is 23.8 Å². The molecule has 0 aliphatic carbocycles. The van der Waals surface area contributed by atoms with E-state index in [1.54, 1.807) is 6.92 Å². The van der Waals surface area contributed by atoms with Crippen molar-refractivity contribution >= 4 is 23.2 Å². The molecule has 1 N–H and O–H groups in total. The van der Waals surface area contributed by atoms with E-state index in [1.165, 1.54) is 4.68 Å². The van der Waals surface area contributed by atoms with Crippen molar-refractivity contribution in [2.24, 2.45) is 0 Å². The molecule has 0 saturated heterocycles. The minimum Gasteiger partial charge on any atom is -0.319 e. The van der Waals surface area contributed by atoms with Gasteiger partial charge in [0.2, 0.25) is 0 Å². The van der Waals surface area contributed by atoms with Crippen molar-refractivity contribution in [2.75, 3.05) is 5.32 Å². The second-order valence-electron chi connectivity index (χ2n) is 5.47. The summed E-state index contributed by atoms with van der Waals surface area (Å²) in [7, 11) is 0. The highest BCUT2D eigenvalue weighted by molar-refractivity contribution is 6.33. The fraction of sp³-hybridized carbons (Fsp3) is 0.111. The van der Waals surface area contributed by atoms with Gasteiger partial charge >= 0.3 is 0 Å². The molecule has 0 unspecified atom stereocenters. The van der Waals surface area contributed by atoms with E-state index in [9.17, 15) is 13.6 Å². The predicted molar refractivity (Wildman–Crippen MR) is 91.8 cm³/mol. The van der Waals surface area contributed by atoms with Gasteiger partial charge in [-0.25, -0.2) is 13.5 Å². The van der Waals surface area contributed by atoms with Crippen LogP contribution in [0.3, 0.4) is 0 Å². The summed E-state index contributed by atoms with van der Waals surface area (Å²) in [6.45, 7) is 2.02. The van der Waals surface area contributed by atoms with Crippen molar-refractivity contribution in [3.63, 3.8) is 0 Å². The summed E-state index contributed by atoms with van der Waals surface area (Å²) >= 11 is 6.28.